The summed E-state index contributed by atoms with van der Waals surface area (Å²) >= 11 is 0. The van der Waals surface area contributed by atoms with Gasteiger partial charge in [0, 0.05) is 32.2 Å². The molecule has 0 aliphatic carbocycles. The minimum atomic E-state index is 0.564. The van der Waals surface area contributed by atoms with E-state index < -0.39 is 0 Å². The van der Waals surface area contributed by atoms with E-state index in [2.05, 4.69) is 23.0 Å². The molecule has 0 atom stereocenters. The first-order valence-corrected chi connectivity index (χ1v) is 5.76. The molecule has 4 nitrogen and oxygen atoms in total. The maximum Gasteiger partial charge on any atom is 0.131 e. The molecule has 0 unspecified atom stereocenters. The monoisotopic (exact) mass is 220 g/mol. The van der Waals surface area contributed by atoms with Gasteiger partial charge in [-0.3, -0.25) is 4.68 Å². The average Bonchev–Trinajstić information content (AvgIpc) is 2.54. The molecule has 88 valence electrons. The molecule has 1 aromatic rings. The van der Waals surface area contributed by atoms with Crippen LogP contribution in [0.1, 0.15) is 24.6 Å². The summed E-state index contributed by atoms with van der Waals surface area (Å²) in [5.74, 6) is 1.18. The Morgan fingerprint density at radius 1 is 1.44 bits per heavy atom. The quantitative estimate of drug-likeness (QED) is 0.765. The van der Waals surface area contributed by atoms with Gasteiger partial charge in [0.1, 0.15) is 5.82 Å². The lowest BCUT2D eigenvalue weighted by Gasteiger charge is -2.28. The van der Waals surface area contributed by atoms with E-state index in [-0.39, 0.29) is 0 Å². The number of rotatable bonds is 2. The molecule has 0 spiro atoms. The zero-order chi connectivity index (χ0) is 11.7. The second-order valence-electron chi connectivity index (χ2n) is 4.46. The van der Waals surface area contributed by atoms with Gasteiger partial charge in [-0.05, 0) is 20.3 Å². The maximum absolute atomic E-state index is 5.80. The topological polar surface area (TPSA) is 47.1 Å². The van der Waals surface area contributed by atoms with Gasteiger partial charge in [0.15, 0.2) is 0 Å². The molecule has 0 saturated heterocycles. The summed E-state index contributed by atoms with van der Waals surface area (Å²) in [6, 6.07) is 0. The zero-order valence-electron chi connectivity index (χ0n) is 10.3. The van der Waals surface area contributed by atoms with Crippen molar-refractivity contribution in [2.24, 2.45) is 12.8 Å². The fourth-order valence-electron chi connectivity index (χ4n) is 2.29. The normalized spacial score (nSPS) is 16.5. The lowest BCUT2D eigenvalue weighted by molar-refractivity contribution is 0.696. The third kappa shape index (κ3) is 1.85. The number of aromatic nitrogens is 2. The van der Waals surface area contributed by atoms with Crippen molar-refractivity contribution in [3.63, 3.8) is 0 Å². The van der Waals surface area contributed by atoms with Crippen LogP contribution in [0.25, 0.3) is 0 Å². The molecule has 16 heavy (non-hydrogen) atoms. The third-order valence-corrected chi connectivity index (χ3v) is 3.25. The molecular formula is C12H20N4. The van der Waals surface area contributed by atoms with E-state index in [1.807, 2.05) is 18.7 Å². The predicted octanol–water partition coefficient (Wildman–Crippen LogP) is 1.34. The highest BCUT2D eigenvalue weighted by Gasteiger charge is 2.19. The summed E-state index contributed by atoms with van der Waals surface area (Å²) in [6.45, 7) is 6.81. The molecule has 1 aliphatic heterocycles. The van der Waals surface area contributed by atoms with Crippen molar-refractivity contribution in [1.29, 1.82) is 0 Å². The van der Waals surface area contributed by atoms with Crippen molar-refractivity contribution in [2.75, 3.05) is 18.0 Å². The van der Waals surface area contributed by atoms with Crippen LogP contribution in [0, 0.1) is 6.92 Å². The molecule has 0 aromatic carbocycles. The lowest BCUT2D eigenvalue weighted by Crippen LogP contribution is -2.31. The molecule has 0 saturated carbocycles. The molecule has 4 heteroatoms. The summed E-state index contributed by atoms with van der Waals surface area (Å²) in [7, 11) is 1.99. The molecule has 0 radical (unpaired) electrons. The van der Waals surface area contributed by atoms with Gasteiger partial charge in [0.05, 0.1) is 5.69 Å². The Labute approximate surface area is 96.7 Å². The van der Waals surface area contributed by atoms with E-state index in [9.17, 15) is 0 Å². The maximum atomic E-state index is 5.80. The van der Waals surface area contributed by atoms with Crippen molar-refractivity contribution in [3.8, 4) is 0 Å². The van der Waals surface area contributed by atoms with E-state index in [1.54, 1.807) is 0 Å². The third-order valence-electron chi connectivity index (χ3n) is 3.25. The summed E-state index contributed by atoms with van der Waals surface area (Å²) in [4.78, 5) is 2.36. The molecular weight excluding hydrogens is 200 g/mol. The first-order valence-electron chi connectivity index (χ1n) is 5.76. The van der Waals surface area contributed by atoms with Crippen molar-refractivity contribution in [1.82, 2.24) is 9.78 Å². The molecule has 0 fully saturated rings. The predicted molar refractivity (Wildman–Crippen MR) is 66.4 cm³/mol. The number of anilines is 1. The van der Waals surface area contributed by atoms with Gasteiger partial charge < -0.3 is 10.6 Å². The van der Waals surface area contributed by atoms with E-state index >= 15 is 0 Å². The Bertz CT molecular complexity index is 417. The molecule has 2 N–H and O–H groups in total. The van der Waals surface area contributed by atoms with Gasteiger partial charge in [-0.25, -0.2) is 0 Å². The van der Waals surface area contributed by atoms with E-state index in [0.29, 0.717) is 6.54 Å². The number of hydrogen-bond donors (Lipinski definition) is 1. The number of hydrogen-bond acceptors (Lipinski definition) is 3. The molecule has 1 aliphatic rings. The highest BCUT2D eigenvalue weighted by Crippen LogP contribution is 2.25. The number of aryl methyl sites for hydroxylation is 2. The van der Waals surface area contributed by atoms with E-state index in [0.717, 1.165) is 25.2 Å². The van der Waals surface area contributed by atoms with Crippen molar-refractivity contribution >= 4 is 5.82 Å². The Kier molecular flexibility index (Phi) is 3.01. The van der Waals surface area contributed by atoms with E-state index in [4.69, 9.17) is 5.73 Å². The van der Waals surface area contributed by atoms with Crippen LogP contribution in [-0.4, -0.2) is 22.9 Å². The largest absolute Gasteiger partial charge is 0.353 e. The summed E-state index contributed by atoms with van der Waals surface area (Å²) in [5.41, 5.74) is 9.50. The molecule has 0 amide bonds. The number of nitrogens with two attached hydrogens (primary N) is 1. The Balaban J connectivity index is 2.33. The first-order chi connectivity index (χ1) is 7.63. The standard InChI is InChI=1S/C12H20N4/c1-9-4-6-16(7-5-9)12-11(8-13)10(2)14-15(12)3/h4H,5-8,13H2,1-3H3. The van der Waals surface area contributed by atoms with E-state index in [1.165, 1.54) is 17.0 Å². The van der Waals surface area contributed by atoms with Crippen molar-refractivity contribution in [3.05, 3.63) is 22.9 Å². The van der Waals surface area contributed by atoms with Crippen molar-refractivity contribution < 1.29 is 0 Å². The van der Waals surface area contributed by atoms with Gasteiger partial charge in [-0.2, -0.15) is 5.10 Å². The highest BCUT2D eigenvalue weighted by atomic mass is 15.4. The van der Waals surface area contributed by atoms with Gasteiger partial charge in [0.2, 0.25) is 0 Å². The smallest absolute Gasteiger partial charge is 0.131 e. The zero-order valence-corrected chi connectivity index (χ0v) is 10.3. The average molecular weight is 220 g/mol. The van der Waals surface area contributed by atoms with Crippen LogP contribution in [-0.2, 0) is 13.6 Å². The Hall–Kier alpha value is -1.29. The Morgan fingerprint density at radius 2 is 2.19 bits per heavy atom. The van der Waals surface area contributed by atoms with Crippen molar-refractivity contribution in [2.45, 2.75) is 26.8 Å². The van der Waals surface area contributed by atoms with Crippen LogP contribution in [0.5, 0.6) is 0 Å². The van der Waals surface area contributed by atoms with Gasteiger partial charge in [-0.1, -0.05) is 11.6 Å². The fourth-order valence-corrected chi connectivity index (χ4v) is 2.29. The fraction of sp³-hybridized carbons (Fsp3) is 0.583. The van der Waals surface area contributed by atoms with Crippen LogP contribution in [0.3, 0.4) is 0 Å². The molecule has 2 heterocycles. The first kappa shape index (κ1) is 11.2. The summed E-state index contributed by atoms with van der Waals surface area (Å²) in [5, 5.41) is 4.45. The van der Waals surface area contributed by atoms with Gasteiger partial charge >= 0.3 is 0 Å². The minimum absolute atomic E-state index is 0.564. The Morgan fingerprint density at radius 3 is 2.75 bits per heavy atom. The second-order valence-corrected chi connectivity index (χ2v) is 4.46. The SMILES string of the molecule is CC1=CCN(c2c(CN)c(C)nn2C)CC1. The van der Waals surface area contributed by atoms with Gasteiger partial charge in [-0.15, -0.1) is 0 Å². The lowest BCUT2D eigenvalue weighted by atomic mass is 10.1. The minimum Gasteiger partial charge on any atom is -0.353 e. The van der Waals surface area contributed by atoms with Crippen LogP contribution in [0.15, 0.2) is 11.6 Å². The molecule has 0 bridgehead atoms. The number of nitrogens with zero attached hydrogens (tertiary/aromatic N) is 3. The van der Waals surface area contributed by atoms with Crippen LogP contribution in [0.4, 0.5) is 5.82 Å². The van der Waals surface area contributed by atoms with Crippen LogP contribution >= 0.6 is 0 Å². The summed E-state index contributed by atoms with van der Waals surface area (Å²) < 4.78 is 1.95. The van der Waals surface area contributed by atoms with Crippen LogP contribution < -0.4 is 10.6 Å². The highest BCUT2D eigenvalue weighted by molar-refractivity contribution is 5.51. The second kappa shape index (κ2) is 4.29. The summed E-state index contributed by atoms with van der Waals surface area (Å²) in [6.07, 6.45) is 3.42. The van der Waals surface area contributed by atoms with Crippen LogP contribution in [0.2, 0.25) is 0 Å². The van der Waals surface area contributed by atoms with Gasteiger partial charge in [0.25, 0.3) is 0 Å². The molecule has 1 aromatic heterocycles. The molecule has 2 rings (SSSR count).